The zero-order chi connectivity index (χ0) is 18.8. The van der Waals surface area contributed by atoms with Gasteiger partial charge >= 0.3 is 0 Å². The largest absolute Gasteiger partial charge is 0.304 e. The maximum absolute atomic E-state index is 4.64. The van der Waals surface area contributed by atoms with Gasteiger partial charge in [-0.15, -0.1) is 5.10 Å². The van der Waals surface area contributed by atoms with Gasteiger partial charge in [0, 0.05) is 44.5 Å². The first-order valence-corrected chi connectivity index (χ1v) is 9.45. The summed E-state index contributed by atoms with van der Waals surface area (Å²) < 4.78 is 1.83. The van der Waals surface area contributed by atoms with E-state index in [4.69, 9.17) is 0 Å². The molecule has 0 unspecified atom stereocenters. The standard InChI is InChI=1S/C21H26N6/c1-16-8-9-22-20(14-16)27-21(23-17(2)24-27)19-6-4-18(5-7-19)15-26-12-10-25(3)11-13-26/h4-9,14H,10-13,15H2,1-3H3. The lowest BCUT2D eigenvalue weighted by molar-refractivity contribution is 0.148. The molecule has 1 fully saturated rings. The molecule has 0 aliphatic carbocycles. The summed E-state index contributed by atoms with van der Waals surface area (Å²) in [5.41, 5.74) is 3.54. The van der Waals surface area contributed by atoms with Gasteiger partial charge in [0.05, 0.1) is 0 Å². The number of nitrogens with zero attached hydrogens (tertiary/aromatic N) is 6. The van der Waals surface area contributed by atoms with Gasteiger partial charge in [-0.25, -0.2) is 9.97 Å². The molecular formula is C21H26N6. The number of pyridine rings is 1. The van der Waals surface area contributed by atoms with Crippen LogP contribution in [0, 0.1) is 13.8 Å². The lowest BCUT2D eigenvalue weighted by Gasteiger charge is -2.32. The van der Waals surface area contributed by atoms with E-state index in [1.54, 1.807) is 0 Å². The molecule has 0 spiro atoms. The minimum absolute atomic E-state index is 0.745. The topological polar surface area (TPSA) is 50.1 Å². The van der Waals surface area contributed by atoms with Gasteiger partial charge in [-0.05, 0) is 44.2 Å². The van der Waals surface area contributed by atoms with Gasteiger partial charge in [-0.3, -0.25) is 4.90 Å². The highest BCUT2D eigenvalue weighted by Gasteiger charge is 2.15. The van der Waals surface area contributed by atoms with Gasteiger partial charge in [0.2, 0.25) is 0 Å². The molecule has 0 amide bonds. The Labute approximate surface area is 160 Å². The molecule has 1 saturated heterocycles. The summed E-state index contributed by atoms with van der Waals surface area (Å²) in [6, 6.07) is 12.7. The van der Waals surface area contributed by atoms with E-state index in [-0.39, 0.29) is 0 Å². The second-order valence-corrected chi connectivity index (χ2v) is 7.36. The van der Waals surface area contributed by atoms with Crippen LogP contribution in [-0.4, -0.2) is 62.8 Å². The van der Waals surface area contributed by atoms with Crippen LogP contribution in [0.2, 0.25) is 0 Å². The van der Waals surface area contributed by atoms with Crippen molar-refractivity contribution >= 4 is 0 Å². The van der Waals surface area contributed by atoms with Crippen molar-refractivity contribution in [1.29, 1.82) is 0 Å². The molecule has 3 heterocycles. The van der Waals surface area contributed by atoms with Crippen molar-refractivity contribution in [1.82, 2.24) is 29.5 Å². The molecule has 6 heteroatoms. The fourth-order valence-electron chi connectivity index (χ4n) is 3.42. The van der Waals surface area contributed by atoms with Gasteiger partial charge in [0.25, 0.3) is 0 Å². The summed E-state index contributed by atoms with van der Waals surface area (Å²) in [5, 5.41) is 4.55. The Kier molecular flexibility index (Phi) is 5.01. The molecule has 1 aliphatic rings. The van der Waals surface area contributed by atoms with E-state index in [1.165, 1.54) is 5.56 Å². The van der Waals surface area contributed by atoms with Crippen LogP contribution >= 0.6 is 0 Å². The molecule has 0 N–H and O–H groups in total. The Morgan fingerprint density at radius 3 is 2.41 bits per heavy atom. The van der Waals surface area contributed by atoms with Crippen molar-refractivity contribution in [3.63, 3.8) is 0 Å². The normalized spacial score (nSPS) is 16.0. The van der Waals surface area contributed by atoms with Gasteiger partial charge < -0.3 is 4.90 Å². The van der Waals surface area contributed by atoms with E-state index in [9.17, 15) is 0 Å². The molecule has 0 radical (unpaired) electrons. The highest BCUT2D eigenvalue weighted by molar-refractivity contribution is 5.58. The first-order valence-electron chi connectivity index (χ1n) is 9.45. The maximum Gasteiger partial charge on any atom is 0.165 e. The van der Waals surface area contributed by atoms with Crippen LogP contribution in [0.15, 0.2) is 42.6 Å². The predicted molar refractivity (Wildman–Crippen MR) is 107 cm³/mol. The lowest BCUT2D eigenvalue weighted by atomic mass is 10.1. The number of aromatic nitrogens is 4. The van der Waals surface area contributed by atoms with Crippen LogP contribution in [0.3, 0.4) is 0 Å². The van der Waals surface area contributed by atoms with Crippen molar-refractivity contribution in [2.75, 3.05) is 33.2 Å². The fourth-order valence-corrected chi connectivity index (χ4v) is 3.42. The summed E-state index contributed by atoms with van der Waals surface area (Å²) in [6.45, 7) is 9.52. The number of rotatable bonds is 4. The second-order valence-electron chi connectivity index (χ2n) is 7.36. The van der Waals surface area contributed by atoms with Gasteiger partial charge in [-0.2, -0.15) is 4.68 Å². The third kappa shape index (κ3) is 4.07. The number of benzene rings is 1. The molecule has 0 atom stereocenters. The Balaban J connectivity index is 1.56. The van der Waals surface area contributed by atoms with Crippen molar-refractivity contribution < 1.29 is 0 Å². The van der Waals surface area contributed by atoms with Crippen molar-refractivity contribution in [3.05, 3.63) is 59.5 Å². The molecule has 27 heavy (non-hydrogen) atoms. The number of hydrogen-bond donors (Lipinski definition) is 0. The molecule has 0 saturated carbocycles. The lowest BCUT2D eigenvalue weighted by Crippen LogP contribution is -2.43. The van der Waals surface area contributed by atoms with Crippen LogP contribution in [-0.2, 0) is 6.54 Å². The number of piperazine rings is 1. The van der Waals surface area contributed by atoms with Crippen LogP contribution in [0.1, 0.15) is 17.0 Å². The molecule has 3 aromatic rings. The Morgan fingerprint density at radius 2 is 1.70 bits per heavy atom. The second kappa shape index (κ2) is 7.58. The summed E-state index contributed by atoms with van der Waals surface area (Å²) in [4.78, 5) is 14.0. The average molecular weight is 362 g/mol. The average Bonchev–Trinajstić information content (AvgIpc) is 3.06. The van der Waals surface area contributed by atoms with Gasteiger partial charge in [-0.1, -0.05) is 24.3 Å². The van der Waals surface area contributed by atoms with Crippen LogP contribution in [0.5, 0.6) is 0 Å². The minimum atomic E-state index is 0.745. The first-order chi connectivity index (χ1) is 13.1. The summed E-state index contributed by atoms with van der Waals surface area (Å²) in [6.07, 6.45) is 1.81. The minimum Gasteiger partial charge on any atom is -0.304 e. The molecule has 1 aromatic carbocycles. The molecule has 1 aliphatic heterocycles. The molecular weight excluding hydrogens is 336 g/mol. The zero-order valence-corrected chi connectivity index (χ0v) is 16.3. The molecule has 4 rings (SSSR count). The number of likely N-dealkylation sites (N-methyl/N-ethyl adjacent to an activating group) is 1. The van der Waals surface area contributed by atoms with E-state index >= 15 is 0 Å². The van der Waals surface area contributed by atoms with E-state index in [1.807, 2.05) is 29.9 Å². The SMILES string of the molecule is Cc1ccnc(-n2nc(C)nc2-c2ccc(CN3CCN(C)CC3)cc2)c1. The fraction of sp³-hybridized carbons (Fsp3) is 0.381. The molecule has 0 bridgehead atoms. The monoisotopic (exact) mass is 362 g/mol. The maximum atomic E-state index is 4.64. The molecule has 2 aromatic heterocycles. The summed E-state index contributed by atoms with van der Waals surface area (Å²) in [5.74, 6) is 2.37. The Morgan fingerprint density at radius 1 is 0.963 bits per heavy atom. The van der Waals surface area contributed by atoms with Gasteiger partial charge in [0.15, 0.2) is 11.6 Å². The third-order valence-electron chi connectivity index (χ3n) is 5.05. The highest BCUT2D eigenvalue weighted by atomic mass is 15.4. The van der Waals surface area contributed by atoms with Crippen LogP contribution < -0.4 is 0 Å². The third-order valence-corrected chi connectivity index (χ3v) is 5.05. The van der Waals surface area contributed by atoms with Gasteiger partial charge in [0.1, 0.15) is 5.82 Å². The van der Waals surface area contributed by atoms with E-state index in [2.05, 4.69) is 63.1 Å². The Bertz CT molecular complexity index is 907. The van der Waals surface area contributed by atoms with Crippen molar-refractivity contribution in [3.8, 4) is 17.2 Å². The predicted octanol–water partition coefficient (Wildman–Crippen LogP) is 2.69. The molecule has 6 nitrogen and oxygen atoms in total. The number of hydrogen-bond acceptors (Lipinski definition) is 5. The quantitative estimate of drug-likeness (QED) is 0.714. The van der Waals surface area contributed by atoms with Crippen LogP contribution in [0.25, 0.3) is 17.2 Å². The summed E-state index contributed by atoms with van der Waals surface area (Å²) in [7, 11) is 2.19. The van der Waals surface area contributed by atoms with Crippen molar-refractivity contribution in [2.45, 2.75) is 20.4 Å². The number of aryl methyl sites for hydroxylation is 2. The first kappa shape index (κ1) is 17.8. The highest BCUT2D eigenvalue weighted by Crippen LogP contribution is 2.22. The summed E-state index contributed by atoms with van der Waals surface area (Å²) >= 11 is 0. The molecule has 140 valence electrons. The van der Waals surface area contributed by atoms with E-state index < -0.39 is 0 Å². The Hall–Kier alpha value is -2.57. The van der Waals surface area contributed by atoms with Crippen LogP contribution in [0.4, 0.5) is 0 Å². The van der Waals surface area contributed by atoms with E-state index in [0.717, 1.165) is 61.3 Å². The van der Waals surface area contributed by atoms with E-state index in [0.29, 0.717) is 0 Å². The zero-order valence-electron chi connectivity index (χ0n) is 16.3. The smallest absolute Gasteiger partial charge is 0.165 e. The van der Waals surface area contributed by atoms with Crippen molar-refractivity contribution in [2.24, 2.45) is 0 Å².